The lowest BCUT2D eigenvalue weighted by atomic mass is 9.81. The Morgan fingerprint density at radius 2 is 2.30 bits per heavy atom. The highest BCUT2D eigenvalue weighted by atomic mass is 35.5. The molecule has 3 rings (SSSR count). The van der Waals surface area contributed by atoms with E-state index < -0.39 is 11.4 Å². The minimum Gasteiger partial charge on any atom is -0.481 e. The lowest BCUT2D eigenvalue weighted by molar-refractivity contribution is -0.149. The van der Waals surface area contributed by atoms with Gasteiger partial charge in [-0.1, -0.05) is 37.9 Å². The van der Waals surface area contributed by atoms with Crippen molar-refractivity contribution in [2.75, 3.05) is 13.1 Å². The molecule has 0 unspecified atom stereocenters. The molecule has 1 aliphatic heterocycles. The van der Waals surface area contributed by atoms with Crippen LogP contribution in [-0.4, -0.2) is 34.3 Å². The summed E-state index contributed by atoms with van der Waals surface area (Å²) in [4.78, 5) is 15.3. The molecular weight excluding hydrogens is 330 g/mol. The SMILES string of the molecule is CC(C)Sc1cccc(Cl)c1CN1C[C@@H]2CCC[C@@]2(C(=O)O)C1. The van der Waals surface area contributed by atoms with E-state index in [0.717, 1.165) is 42.9 Å². The number of rotatable bonds is 5. The standard InChI is InChI=1S/C18H24ClNO2S/c1-12(2)23-16-7-3-6-15(19)14(16)10-20-9-13-5-4-8-18(13,11-20)17(21)22/h3,6-7,12-13H,4-5,8-11H2,1-2H3,(H,21,22)/t13-,18+/m0/s1. The topological polar surface area (TPSA) is 40.5 Å². The van der Waals surface area contributed by atoms with Crippen molar-refractivity contribution in [1.29, 1.82) is 0 Å². The molecule has 2 atom stereocenters. The first-order chi connectivity index (χ1) is 10.9. The Hall–Kier alpha value is -0.710. The maximum absolute atomic E-state index is 11.8. The van der Waals surface area contributed by atoms with Gasteiger partial charge >= 0.3 is 5.97 Å². The third-order valence-electron chi connectivity index (χ3n) is 5.19. The van der Waals surface area contributed by atoms with Crippen LogP contribution >= 0.6 is 23.4 Å². The second-order valence-corrected chi connectivity index (χ2v) is 9.13. The van der Waals surface area contributed by atoms with Crippen LogP contribution in [0.25, 0.3) is 0 Å². The van der Waals surface area contributed by atoms with Gasteiger partial charge < -0.3 is 5.11 Å². The maximum atomic E-state index is 11.8. The van der Waals surface area contributed by atoms with Gasteiger partial charge in [-0.15, -0.1) is 11.8 Å². The molecule has 126 valence electrons. The molecule has 23 heavy (non-hydrogen) atoms. The van der Waals surface area contributed by atoms with Crippen LogP contribution in [0.15, 0.2) is 23.1 Å². The predicted molar refractivity (Wildman–Crippen MR) is 95.1 cm³/mol. The number of hydrogen-bond donors (Lipinski definition) is 1. The molecular formula is C18H24ClNO2S. The summed E-state index contributed by atoms with van der Waals surface area (Å²) in [6.07, 6.45) is 2.91. The fourth-order valence-corrected chi connectivity index (χ4v) is 5.42. The summed E-state index contributed by atoms with van der Waals surface area (Å²) in [5.41, 5.74) is 0.625. The van der Waals surface area contributed by atoms with E-state index in [9.17, 15) is 9.90 Å². The average Bonchev–Trinajstić information content (AvgIpc) is 2.99. The average molecular weight is 354 g/mol. The fraction of sp³-hybridized carbons (Fsp3) is 0.611. The van der Waals surface area contributed by atoms with Crippen LogP contribution in [0.5, 0.6) is 0 Å². The van der Waals surface area contributed by atoms with E-state index in [0.29, 0.717) is 17.7 Å². The largest absolute Gasteiger partial charge is 0.481 e. The zero-order valence-electron chi connectivity index (χ0n) is 13.7. The van der Waals surface area contributed by atoms with E-state index in [-0.39, 0.29) is 0 Å². The van der Waals surface area contributed by atoms with Crippen molar-refractivity contribution in [3.63, 3.8) is 0 Å². The van der Waals surface area contributed by atoms with Gasteiger partial charge in [0.05, 0.1) is 5.41 Å². The second kappa shape index (κ2) is 6.66. The predicted octanol–water partition coefficient (Wildman–Crippen LogP) is 4.53. The number of likely N-dealkylation sites (tertiary alicyclic amines) is 1. The maximum Gasteiger partial charge on any atom is 0.311 e. The van der Waals surface area contributed by atoms with Gasteiger partial charge in [-0.3, -0.25) is 9.69 Å². The van der Waals surface area contributed by atoms with Crippen LogP contribution in [0, 0.1) is 11.3 Å². The quantitative estimate of drug-likeness (QED) is 0.790. The molecule has 0 spiro atoms. The van der Waals surface area contributed by atoms with Crippen LogP contribution in [0.4, 0.5) is 0 Å². The van der Waals surface area contributed by atoms with E-state index in [2.05, 4.69) is 24.8 Å². The number of aliphatic carboxylic acids is 1. The van der Waals surface area contributed by atoms with Crippen LogP contribution < -0.4 is 0 Å². The van der Waals surface area contributed by atoms with Crippen LogP contribution in [0.1, 0.15) is 38.7 Å². The lowest BCUT2D eigenvalue weighted by Crippen LogP contribution is -2.35. The summed E-state index contributed by atoms with van der Waals surface area (Å²) < 4.78 is 0. The molecule has 2 fully saturated rings. The molecule has 0 radical (unpaired) electrons. The number of carboxylic acids is 1. The Bertz CT molecular complexity index is 607. The molecule has 1 aromatic carbocycles. The first kappa shape index (κ1) is 17.1. The minimum absolute atomic E-state index is 0.295. The zero-order valence-corrected chi connectivity index (χ0v) is 15.3. The summed E-state index contributed by atoms with van der Waals surface area (Å²) in [5.74, 6) is -0.317. The summed E-state index contributed by atoms with van der Waals surface area (Å²) >= 11 is 8.27. The third kappa shape index (κ3) is 3.26. The van der Waals surface area contributed by atoms with Crippen LogP contribution in [0.2, 0.25) is 5.02 Å². The van der Waals surface area contributed by atoms with Crippen molar-refractivity contribution in [3.05, 3.63) is 28.8 Å². The highest BCUT2D eigenvalue weighted by Gasteiger charge is 2.54. The fourth-order valence-electron chi connectivity index (χ4n) is 4.14. The molecule has 1 aromatic rings. The number of nitrogens with zero attached hydrogens (tertiary/aromatic N) is 1. The van der Waals surface area contributed by atoms with Gasteiger partial charge in [-0.2, -0.15) is 0 Å². The molecule has 1 aliphatic carbocycles. The van der Waals surface area contributed by atoms with Crippen molar-refractivity contribution in [2.45, 2.75) is 49.8 Å². The molecule has 1 N–H and O–H groups in total. The van der Waals surface area contributed by atoms with Gasteiger partial charge in [0.15, 0.2) is 0 Å². The van der Waals surface area contributed by atoms with Crippen molar-refractivity contribution >= 4 is 29.3 Å². The smallest absolute Gasteiger partial charge is 0.311 e. The van der Waals surface area contributed by atoms with Gasteiger partial charge in [0, 0.05) is 34.8 Å². The summed E-state index contributed by atoms with van der Waals surface area (Å²) in [5, 5.41) is 11.0. The van der Waals surface area contributed by atoms with Crippen molar-refractivity contribution in [2.24, 2.45) is 11.3 Å². The zero-order chi connectivity index (χ0) is 16.6. The van der Waals surface area contributed by atoms with Gasteiger partial charge in [0.25, 0.3) is 0 Å². The highest BCUT2D eigenvalue weighted by molar-refractivity contribution is 8.00. The van der Waals surface area contributed by atoms with Crippen LogP contribution in [0.3, 0.4) is 0 Å². The second-order valence-electron chi connectivity index (χ2n) is 7.10. The number of carboxylic acid groups (broad SMARTS) is 1. The first-order valence-corrected chi connectivity index (χ1v) is 9.58. The number of halogens is 1. The molecule has 2 aliphatic rings. The molecule has 5 heteroatoms. The van der Waals surface area contributed by atoms with E-state index in [1.54, 1.807) is 0 Å². The highest BCUT2D eigenvalue weighted by Crippen LogP contribution is 2.49. The molecule has 0 aromatic heterocycles. The monoisotopic (exact) mass is 353 g/mol. The normalized spacial score (nSPS) is 27.6. The minimum atomic E-state index is -0.613. The third-order valence-corrected chi connectivity index (χ3v) is 6.65. The first-order valence-electron chi connectivity index (χ1n) is 8.32. The van der Waals surface area contributed by atoms with Crippen molar-refractivity contribution < 1.29 is 9.90 Å². The molecule has 0 bridgehead atoms. The van der Waals surface area contributed by atoms with E-state index in [1.165, 1.54) is 4.90 Å². The number of benzene rings is 1. The Morgan fingerprint density at radius 3 is 2.96 bits per heavy atom. The molecule has 0 amide bonds. The summed E-state index contributed by atoms with van der Waals surface area (Å²) in [7, 11) is 0. The Kier molecular flexibility index (Phi) is 4.96. The summed E-state index contributed by atoms with van der Waals surface area (Å²) in [6, 6.07) is 6.05. The number of thioether (sulfide) groups is 1. The molecule has 1 saturated carbocycles. The van der Waals surface area contributed by atoms with Gasteiger partial charge in [-0.05, 0) is 36.5 Å². The Balaban J connectivity index is 1.80. The number of carbonyl (C=O) groups is 1. The molecule has 1 saturated heterocycles. The molecule has 1 heterocycles. The van der Waals surface area contributed by atoms with E-state index in [4.69, 9.17) is 11.6 Å². The van der Waals surface area contributed by atoms with Gasteiger partial charge in [0.1, 0.15) is 0 Å². The van der Waals surface area contributed by atoms with Crippen molar-refractivity contribution in [1.82, 2.24) is 4.90 Å². The lowest BCUT2D eigenvalue weighted by Gasteiger charge is -2.24. The van der Waals surface area contributed by atoms with Gasteiger partial charge in [-0.25, -0.2) is 0 Å². The van der Waals surface area contributed by atoms with E-state index in [1.807, 2.05) is 23.9 Å². The van der Waals surface area contributed by atoms with Crippen LogP contribution in [-0.2, 0) is 11.3 Å². The van der Waals surface area contributed by atoms with E-state index >= 15 is 0 Å². The molecule has 3 nitrogen and oxygen atoms in total. The van der Waals surface area contributed by atoms with Crippen molar-refractivity contribution in [3.8, 4) is 0 Å². The Labute approximate surface area is 147 Å². The summed E-state index contributed by atoms with van der Waals surface area (Å²) in [6.45, 7) is 6.64. The number of hydrogen-bond acceptors (Lipinski definition) is 3. The number of fused-ring (bicyclic) bond motifs is 1. The Morgan fingerprint density at radius 1 is 1.52 bits per heavy atom. The van der Waals surface area contributed by atoms with Gasteiger partial charge in [0.2, 0.25) is 0 Å².